The van der Waals surface area contributed by atoms with Crippen LogP contribution < -0.4 is 5.32 Å². The number of aromatic nitrogens is 3. The Balaban J connectivity index is 1.76. The number of carbonyl (C=O) groups excluding carboxylic acids is 1. The van der Waals surface area contributed by atoms with Crippen LogP contribution in [0.15, 0.2) is 12.4 Å². The molecule has 0 spiro atoms. The highest BCUT2D eigenvalue weighted by Crippen LogP contribution is 2.35. The monoisotopic (exact) mass is 294 g/mol. The number of rotatable bonds is 5. The van der Waals surface area contributed by atoms with Crippen molar-refractivity contribution in [3.63, 3.8) is 0 Å². The normalized spacial score (nSPS) is 25.8. The van der Waals surface area contributed by atoms with Gasteiger partial charge < -0.3 is 10.1 Å². The van der Waals surface area contributed by atoms with E-state index in [1.807, 2.05) is 0 Å². The highest BCUT2D eigenvalue weighted by molar-refractivity contribution is 5.67. The average Bonchev–Trinajstić information content (AvgIpc) is 2.91. The molecule has 1 aliphatic rings. The Labute approximate surface area is 126 Å². The lowest BCUT2D eigenvalue weighted by Crippen LogP contribution is -2.39. The van der Waals surface area contributed by atoms with Crippen LogP contribution in [-0.2, 0) is 11.3 Å². The molecule has 21 heavy (non-hydrogen) atoms. The van der Waals surface area contributed by atoms with Crippen LogP contribution >= 0.6 is 0 Å². The lowest BCUT2D eigenvalue weighted by Gasteiger charge is -2.36. The Hall–Kier alpha value is -1.59. The quantitative estimate of drug-likeness (QED) is 0.905. The van der Waals surface area contributed by atoms with Crippen molar-refractivity contribution in [2.24, 2.45) is 17.8 Å². The average molecular weight is 294 g/mol. The smallest absolute Gasteiger partial charge is 0.407 e. The number of nitrogens with one attached hydrogen (secondary N) is 1. The molecule has 1 saturated carbocycles. The van der Waals surface area contributed by atoms with Crippen molar-refractivity contribution in [2.75, 3.05) is 6.54 Å². The second-order valence-corrected chi connectivity index (χ2v) is 6.32. The molecule has 6 heteroatoms. The van der Waals surface area contributed by atoms with Gasteiger partial charge in [-0.2, -0.15) is 15.0 Å². The first-order valence-electron chi connectivity index (χ1n) is 7.85. The molecule has 0 aliphatic heterocycles. The molecule has 1 aromatic heterocycles. The van der Waals surface area contributed by atoms with Crippen molar-refractivity contribution in [1.29, 1.82) is 0 Å². The van der Waals surface area contributed by atoms with Gasteiger partial charge in [-0.3, -0.25) is 0 Å². The molecule has 0 aromatic carbocycles. The molecule has 0 unspecified atom stereocenters. The first-order valence-corrected chi connectivity index (χ1v) is 7.85. The van der Waals surface area contributed by atoms with Crippen LogP contribution in [-0.4, -0.2) is 33.7 Å². The van der Waals surface area contributed by atoms with Gasteiger partial charge in [0.05, 0.1) is 18.9 Å². The fourth-order valence-corrected chi connectivity index (χ4v) is 3.05. The van der Waals surface area contributed by atoms with Crippen LogP contribution in [0, 0.1) is 17.8 Å². The molecule has 1 fully saturated rings. The van der Waals surface area contributed by atoms with Crippen LogP contribution in [0.5, 0.6) is 0 Å². The van der Waals surface area contributed by atoms with Crippen molar-refractivity contribution < 1.29 is 9.53 Å². The van der Waals surface area contributed by atoms with Crippen LogP contribution in [0.25, 0.3) is 0 Å². The van der Waals surface area contributed by atoms with Crippen LogP contribution in [0.2, 0.25) is 0 Å². The minimum Gasteiger partial charge on any atom is -0.446 e. The van der Waals surface area contributed by atoms with Gasteiger partial charge in [0, 0.05) is 6.54 Å². The van der Waals surface area contributed by atoms with E-state index in [2.05, 4.69) is 36.3 Å². The summed E-state index contributed by atoms with van der Waals surface area (Å²) in [5.41, 5.74) is 0. The summed E-state index contributed by atoms with van der Waals surface area (Å²) in [6.07, 6.45) is 6.30. The van der Waals surface area contributed by atoms with Gasteiger partial charge >= 0.3 is 6.09 Å². The lowest BCUT2D eigenvalue weighted by molar-refractivity contribution is 0.00613. The maximum atomic E-state index is 11.9. The van der Waals surface area contributed by atoms with Gasteiger partial charge in [-0.25, -0.2) is 4.79 Å². The molecule has 2 rings (SSSR count). The second-order valence-electron chi connectivity index (χ2n) is 6.32. The predicted molar refractivity (Wildman–Crippen MR) is 79.6 cm³/mol. The predicted octanol–water partition coefficient (Wildman–Crippen LogP) is 2.47. The molecule has 118 valence electrons. The third-order valence-electron chi connectivity index (χ3n) is 4.27. The number of amides is 1. The first kappa shape index (κ1) is 15.8. The largest absolute Gasteiger partial charge is 0.446 e. The van der Waals surface area contributed by atoms with Crippen molar-refractivity contribution in [3.8, 4) is 0 Å². The molecule has 1 N–H and O–H groups in total. The molecule has 1 heterocycles. The van der Waals surface area contributed by atoms with E-state index in [1.54, 1.807) is 17.2 Å². The molecule has 1 aromatic rings. The van der Waals surface area contributed by atoms with Crippen LogP contribution in [0.4, 0.5) is 4.79 Å². The maximum Gasteiger partial charge on any atom is 0.407 e. The fraction of sp³-hybridized carbons (Fsp3) is 0.800. The molecule has 0 bridgehead atoms. The van der Waals surface area contributed by atoms with E-state index in [0.717, 1.165) is 12.8 Å². The summed E-state index contributed by atoms with van der Waals surface area (Å²) in [5, 5.41) is 10.8. The maximum absolute atomic E-state index is 11.9. The molecule has 1 amide bonds. The zero-order valence-electron chi connectivity index (χ0n) is 13.2. The zero-order valence-corrected chi connectivity index (χ0v) is 13.2. The van der Waals surface area contributed by atoms with Gasteiger partial charge in [-0.1, -0.05) is 27.2 Å². The molecule has 6 nitrogen and oxygen atoms in total. The highest BCUT2D eigenvalue weighted by Gasteiger charge is 2.33. The SMILES string of the molecule is CC(C)[C@@H]1CC[C@@H](C)C[C@H]1OC(=O)NCCn1nccn1. The van der Waals surface area contributed by atoms with Crippen molar-refractivity contribution in [1.82, 2.24) is 20.3 Å². The number of hydrogen-bond donors (Lipinski definition) is 1. The summed E-state index contributed by atoms with van der Waals surface area (Å²) in [4.78, 5) is 13.5. The Kier molecular flexibility index (Phi) is 5.59. The van der Waals surface area contributed by atoms with E-state index in [0.29, 0.717) is 30.8 Å². The number of ether oxygens (including phenoxy) is 1. The van der Waals surface area contributed by atoms with Gasteiger partial charge in [0.25, 0.3) is 0 Å². The number of nitrogens with zero attached hydrogens (tertiary/aromatic N) is 3. The topological polar surface area (TPSA) is 69.0 Å². The Morgan fingerprint density at radius 3 is 2.76 bits per heavy atom. The number of alkyl carbamates (subject to hydrolysis) is 1. The van der Waals surface area contributed by atoms with E-state index >= 15 is 0 Å². The van der Waals surface area contributed by atoms with Gasteiger partial charge in [0.2, 0.25) is 0 Å². The van der Waals surface area contributed by atoms with Crippen molar-refractivity contribution >= 4 is 6.09 Å². The molecule has 0 saturated heterocycles. The van der Waals surface area contributed by atoms with E-state index in [-0.39, 0.29) is 12.2 Å². The van der Waals surface area contributed by atoms with Gasteiger partial charge in [-0.05, 0) is 30.6 Å². The fourth-order valence-electron chi connectivity index (χ4n) is 3.05. The summed E-state index contributed by atoms with van der Waals surface area (Å²) >= 11 is 0. The Morgan fingerprint density at radius 1 is 1.38 bits per heavy atom. The molecule has 0 radical (unpaired) electrons. The van der Waals surface area contributed by atoms with Gasteiger partial charge in [0.1, 0.15) is 6.10 Å². The van der Waals surface area contributed by atoms with Crippen molar-refractivity contribution in [3.05, 3.63) is 12.4 Å². The summed E-state index contributed by atoms with van der Waals surface area (Å²) in [7, 11) is 0. The minimum absolute atomic E-state index is 0.0385. The summed E-state index contributed by atoms with van der Waals surface area (Å²) in [6, 6.07) is 0. The molecule has 1 aliphatic carbocycles. The van der Waals surface area contributed by atoms with Gasteiger partial charge in [0.15, 0.2) is 0 Å². The number of carbonyl (C=O) groups is 1. The third kappa shape index (κ3) is 4.72. The third-order valence-corrected chi connectivity index (χ3v) is 4.27. The zero-order chi connectivity index (χ0) is 15.2. The van der Waals surface area contributed by atoms with Crippen molar-refractivity contribution in [2.45, 2.75) is 52.7 Å². The Bertz CT molecular complexity index is 433. The second kappa shape index (κ2) is 7.43. The minimum atomic E-state index is -0.327. The number of hydrogen-bond acceptors (Lipinski definition) is 4. The highest BCUT2D eigenvalue weighted by atomic mass is 16.6. The lowest BCUT2D eigenvalue weighted by atomic mass is 9.75. The van der Waals surface area contributed by atoms with E-state index < -0.39 is 0 Å². The summed E-state index contributed by atoms with van der Waals surface area (Å²) in [6.45, 7) is 7.67. The Morgan fingerprint density at radius 2 is 2.10 bits per heavy atom. The molecule has 3 atom stereocenters. The molecular formula is C15H26N4O2. The first-order chi connectivity index (χ1) is 10.1. The van der Waals surface area contributed by atoms with E-state index in [1.165, 1.54) is 6.42 Å². The van der Waals surface area contributed by atoms with E-state index in [4.69, 9.17) is 4.74 Å². The van der Waals surface area contributed by atoms with Crippen LogP contribution in [0.3, 0.4) is 0 Å². The van der Waals surface area contributed by atoms with E-state index in [9.17, 15) is 4.79 Å². The van der Waals surface area contributed by atoms with Crippen LogP contribution in [0.1, 0.15) is 40.0 Å². The molecular weight excluding hydrogens is 268 g/mol. The van der Waals surface area contributed by atoms with Gasteiger partial charge in [-0.15, -0.1) is 0 Å². The standard InChI is InChI=1S/C15H26N4O2/c1-11(2)13-5-4-12(3)10-14(13)21-15(20)16-8-9-19-17-6-7-18-19/h6-7,11-14H,4-5,8-10H2,1-3H3,(H,16,20)/t12-,13+,14-/m1/s1. The summed E-state index contributed by atoms with van der Waals surface area (Å²) in [5.74, 6) is 1.65. The summed E-state index contributed by atoms with van der Waals surface area (Å²) < 4.78 is 5.65.